The second kappa shape index (κ2) is 6.97. The second-order valence-corrected chi connectivity index (χ2v) is 5.50. The molecule has 0 atom stereocenters. The van der Waals surface area contributed by atoms with Gasteiger partial charge in [-0.3, -0.25) is 4.79 Å². The molecule has 0 radical (unpaired) electrons. The molecule has 124 valence electrons. The van der Waals surface area contributed by atoms with E-state index in [2.05, 4.69) is 0 Å². The largest absolute Gasteiger partial charge is 0.805 e. The summed E-state index contributed by atoms with van der Waals surface area (Å²) in [5, 5.41) is 12.3. The minimum absolute atomic E-state index is 0.0791. The molecule has 0 spiro atoms. The number of nitrogens with zero attached hydrogens (tertiary/aromatic N) is 2. The fourth-order valence-corrected chi connectivity index (χ4v) is 2.58. The number of allylic oxidation sites excluding steroid dienone is 3. The summed E-state index contributed by atoms with van der Waals surface area (Å²) in [5.74, 6) is -0.513. The highest BCUT2D eigenvalue weighted by molar-refractivity contribution is 6.03. The molecular weight excluding hydrogens is 316 g/mol. The first-order valence-electron chi connectivity index (χ1n) is 7.78. The molecule has 0 N–H and O–H groups in total. The van der Waals surface area contributed by atoms with Gasteiger partial charge in [0.2, 0.25) is 0 Å². The minimum Gasteiger partial charge on any atom is -0.805 e. The zero-order valence-electron chi connectivity index (χ0n) is 13.6. The normalized spacial score (nSPS) is 11.6. The maximum Gasteiger partial charge on any atom is 0.329 e. The van der Waals surface area contributed by atoms with Crippen LogP contribution in [0.3, 0.4) is 0 Å². The van der Waals surface area contributed by atoms with E-state index >= 15 is 0 Å². The number of benzene rings is 2. The second-order valence-electron chi connectivity index (χ2n) is 5.50. The monoisotopic (exact) mass is 332 g/mol. The van der Waals surface area contributed by atoms with Gasteiger partial charge in [0.15, 0.2) is 0 Å². The quantitative estimate of drug-likeness (QED) is 0.317. The summed E-state index contributed by atoms with van der Waals surface area (Å²) in [6, 6.07) is 16.0. The zero-order chi connectivity index (χ0) is 17.8. The van der Waals surface area contributed by atoms with Crippen LogP contribution in [0.1, 0.15) is 21.7 Å². The minimum atomic E-state index is -0.513. The highest BCUT2D eigenvalue weighted by Gasteiger charge is 2.24. The predicted octanol–water partition coefficient (Wildman–Crippen LogP) is 3.66. The van der Waals surface area contributed by atoms with Crippen LogP contribution in [0.5, 0.6) is 0 Å². The standard InChI is InChI=1S/C20H16N2O3/c1-15-20(22(25)18-13-7-6-12-17(18)21(15)24)19(23)14-8-5-11-16-9-3-2-4-10-16/h2-14H,1H3/b11-5+,14-8+. The molecule has 0 aliphatic carbocycles. The van der Waals surface area contributed by atoms with E-state index in [1.54, 1.807) is 30.4 Å². The Kier molecular flexibility index (Phi) is 4.57. The number of fused-ring (bicyclic) bond motifs is 1. The van der Waals surface area contributed by atoms with Gasteiger partial charge < -0.3 is 9.94 Å². The number of carbonyl (C=O) groups excluding carboxylic acids is 1. The molecule has 5 nitrogen and oxygen atoms in total. The van der Waals surface area contributed by atoms with E-state index < -0.39 is 5.78 Å². The van der Waals surface area contributed by atoms with Gasteiger partial charge in [-0.1, -0.05) is 60.7 Å². The van der Waals surface area contributed by atoms with Gasteiger partial charge in [-0.2, -0.15) is 0 Å². The van der Waals surface area contributed by atoms with E-state index in [1.807, 2.05) is 36.4 Å². The molecular formula is C20H16N2O3. The molecule has 5 heteroatoms. The Hall–Kier alpha value is -3.47. The van der Waals surface area contributed by atoms with Crippen molar-refractivity contribution in [2.45, 2.75) is 6.92 Å². The summed E-state index contributed by atoms with van der Waals surface area (Å²) in [7, 11) is 0. The third kappa shape index (κ3) is 3.26. The number of hydrogen-bond acceptors (Lipinski definition) is 3. The molecule has 0 saturated carbocycles. The number of hydrogen-bond donors (Lipinski definition) is 0. The van der Waals surface area contributed by atoms with Crippen molar-refractivity contribution in [2.75, 3.05) is 0 Å². The van der Waals surface area contributed by atoms with Crippen LogP contribution in [-0.4, -0.2) is 10.5 Å². The average molecular weight is 332 g/mol. The fourth-order valence-electron chi connectivity index (χ4n) is 2.58. The predicted molar refractivity (Wildman–Crippen MR) is 97.8 cm³/mol. The lowest BCUT2D eigenvalue weighted by molar-refractivity contribution is -0.468. The lowest BCUT2D eigenvalue weighted by atomic mass is 10.1. The van der Waals surface area contributed by atoms with Crippen LogP contribution < -0.4 is 4.43 Å². The molecule has 25 heavy (non-hydrogen) atoms. The molecule has 2 aromatic carbocycles. The first kappa shape index (κ1) is 16.4. The van der Waals surface area contributed by atoms with Crippen molar-refractivity contribution in [1.29, 1.82) is 0 Å². The van der Waals surface area contributed by atoms with Crippen LogP contribution in [0.4, 0.5) is 0 Å². The molecule has 0 bridgehead atoms. The molecule has 1 aromatic heterocycles. The van der Waals surface area contributed by atoms with Crippen molar-refractivity contribution >= 4 is 22.9 Å². The lowest BCUT2D eigenvalue weighted by Gasteiger charge is -2.15. The van der Waals surface area contributed by atoms with Gasteiger partial charge in [0, 0.05) is 11.0 Å². The summed E-state index contributed by atoms with van der Waals surface area (Å²) < 4.78 is 1.14. The molecule has 1 heterocycles. The van der Waals surface area contributed by atoms with E-state index in [9.17, 15) is 14.9 Å². The SMILES string of the molecule is Cc1c(C(=O)/C=C/C=C/c2ccccc2)[n+](=O)c2ccccc2n1[O-]. The van der Waals surface area contributed by atoms with Crippen LogP contribution in [0.15, 0.2) is 72.8 Å². The van der Waals surface area contributed by atoms with E-state index in [4.69, 9.17) is 0 Å². The van der Waals surface area contributed by atoms with Gasteiger partial charge in [-0.05, 0) is 24.6 Å². The van der Waals surface area contributed by atoms with Gasteiger partial charge >= 0.3 is 5.69 Å². The Morgan fingerprint density at radius 1 is 1.04 bits per heavy atom. The first-order valence-corrected chi connectivity index (χ1v) is 7.78. The van der Waals surface area contributed by atoms with E-state index in [1.165, 1.54) is 19.1 Å². The smallest absolute Gasteiger partial charge is 0.329 e. The number of carbonyl (C=O) groups is 1. The van der Waals surface area contributed by atoms with Crippen molar-refractivity contribution < 1.29 is 9.22 Å². The zero-order valence-corrected chi connectivity index (χ0v) is 13.6. The lowest BCUT2D eigenvalue weighted by Crippen LogP contribution is -2.29. The number of ketones is 1. The molecule has 0 amide bonds. The molecule has 3 rings (SSSR count). The number of aromatic nitrogens is 2. The van der Waals surface area contributed by atoms with Crippen molar-refractivity contribution in [2.24, 2.45) is 0 Å². The highest BCUT2D eigenvalue weighted by atomic mass is 16.5. The fraction of sp³-hybridized carbons (Fsp3) is 0.0500. The van der Waals surface area contributed by atoms with Crippen LogP contribution >= 0.6 is 0 Å². The summed E-state index contributed by atoms with van der Waals surface area (Å²) in [5.41, 5.74) is 1.31. The van der Waals surface area contributed by atoms with Gasteiger partial charge in [0.25, 0.3) is 11.3 Å². The summed E-state index contributed by atoms with van der Waals surface area (Å²) in [6.45, 7) is 1.47. The van der Waals surface area contributed by atoms with Gasteiger partial charge in [0.1, 0.15) is 5.52 Å². The Balaban J connectivity index is 1.94. The van der Waals surface area contributed by atoms with Crippen molar-refractivity contribution in [3.8, 4) is 0 Å². The van der Waals surface area contributed by atoms with E-state index in [-0.39, 0.29) is 22.4 Å². The van der Waals surface area contributed by atoms with E-state index in [0.29, 0.717) is 9.16 Å². The van der Waals surface area contributed by atoms with Crippen LogP contribution in [0, 0.1) is 17.0 Å². The maximum atomic E-state index is 12.5. The molecule has 0 fully saturated rings. The number of para-hydroxylation sites is 2. The molecule has 0 aliphatic rings. The van der Waals surface area contributed by atoms with Crippen LogP contribution in [-0.2, 0) is 0 Å². The average Bonchev–Trinajstić information content (AvgIpc) is 2.64. The van der Waals surface area contributed by atoms with Crippen LogP contribution in [0.2, 0.25) is 0 Å². The molecule has 0 saturated heterocycles. The van der Waals surface area contributed by atoms with Crippen LogP contribution in [0.25, 0.3) is 17.1 Å². The summed E-state index contributed by atoms with van der Waals surface area (Å²) in [6.07, 6.45) is 6.39. The van der Waals surface area contributed by atoms with Crippen molar-refractivity contribution in [3.05, 3.63) is 99.9 Å². The Morgan fingerprint density at radius 2 is 1.72 bits per heavy atom. The Bertz CT molecular complexity index is 1050. The highest BCUT2D eigenvalue weighted by Crippen LogP contribution is 2.14. The summed E-state index contributed by atoms with van der Waals surface area (Å²) in [4.78, 5) is 24.9. The van der Waals surface area contributed by atoms with Gasteiger partial charge in [0.05, 0.1) is 10.1 Å². The Labute approximate surface area is 144 Å². The maximum absolute atomic E-state index is 12.5. The topological polar surface area (TPSA) is 68.0 Å². The number of rotatable bonds is 4. The Morgan fingerprint density at radius 3 is 2.48 bits per heavy atom. The summed E-state index contributed by atoms with van der Waals surface area (Å²) >= 11 is 0. The van der Waals surface area contributed by atoms with Crippen molar-refractivity contribution in [3.63, 3.8) is 0 Å². The third-order valence-electron chi connectivity index (χ3n) is 3.85. The molecule has 3 aromatic rings. The molecule has 0 aliphatic heterocycles. The van der Waals surface area contributed by atoms with Crippen molar-refractivity contribution in [1.82, 2.24) is 4.73 Å². The third-order valence-corrected chi connectivity index (χ3v) is 3.85. The van der Waals surface area contributed by atoms with Gasteiger partial charge in [-0.25, -0.2) is 0 Å². The van der Waals surface area contributed by atoms with E-state index in [0.717, 1.165) is 5.56 Å². The first-order chi connectivity index (χ1) is 12.1. The molecule has 0 unspecified atom stereocenters. The van der Waals surface area contributed by atoms with Gasteiger partial charge in [-0.15, -0.1) is 0 Å².